The van der Waals surface area contributed by atoms with Crippen molar-refractivity contribution >= 4 is 57.1 Å². The maximum atomic E-state index is 13.4. The molecular weight excluding hydrogens is 533 g/mol. The Bertz CT molecular complexity index is 1170. The highest BCUT2D eigenvalue weighted by Crippen LogP contribution is 2.23. The van der Waals surface area contributed by atoms with Crippen LogP contribution in [0.15, 0.2) is 61.6 Å². The number of hydroxylamine groups is 1. The summed E-state index contributed by atoms with van der Waals surface area (Å²) in [5.41, 5.74) is 3.30. The minimum atomic E-state index is -0.438. The van der Waals surface area contributed by atoms with E-state index in [-0.39, 0.29) is 34.1 Å². The van der Waals surface area contributed by atoms with E-state index in [0.29, 0.717) is 30.2 Å². The third kappa shape index (κ3) is 7.61. The summed E-state index contributed by atoms with van der Waals surface area (Å²) in [6.45, 7) is 0.899. The minimum Gasteiger partial charge on any atom is -0.365 e. The van der Waals surface area contributed by atoms with Crippen LogP contribution in [0.4, 0.5) is 15.9 Å². The molecule has 0 aliphatic heterocycles. The molecule has 3 aromatic rings. The number of benzene rings is 2. The van der Waals surface area contributed by atoms with Gasteiger partial charge in [-0.3, -0.25) is 20.5 Å². The maximum absolute atomic E-state index is 13.4. The van der Waals surface area contributed by atoms with E-state index in [9.17, 15) is 14.4 Å². The van der Waals surface area contributed by atoms with Gasteiger partial charge in [-0.05, 0) is 68.6 Å². The van der Waals surface area contributed by atoms with Gasteiger partial charge >= 0.3 is 0 Å². The highest BCUT2D eigenvalue weighted by molar-refractivity contribution is 9.10. The second kappa shape index (κ2) is 12.8. The fourth-order valence-electron chi connectivity index (χ4n) is 2.67. The summed E-state index contributed by atoms with van der Waals surface area (Å²) < 4.78 is 18.4. The molecule has 0 spiro atoms. The standard InChI is InChI=1S/C21H20BrClFN7O3/c22-16-11-15(6-7-17(16)24)28-21(29-33)19-20(31-34-30-19)26-9-1-8-25-12-27-18(32)10-13-2-4-14(23)5-3-13/h2-7,11-12,33H,1,8-10H2,(H,26,31)(H,28,29)(H,25,27,32). The average Bonchev–Trinajstić information content (AvgIpc) is 3.29. The highest BCUT2D eigenvalue weighted by atomic mass is 79.9. The number of rotatable bonds is 10. The lowest BCUT2D eigenvalue weighted by molar-refractivity contribution is -0.118. The number of nitrogens with one attached hydrogen (secondary N) is 3. The first kappa shape index (κ1) is 25.3. The van der Waals surface area contributed by atoms with E-state index >= 15 is 0 Å². The zero-order chi connectivity index (χ0) is 24.3. The van der Waals surface area contributed by atoms with Crippen LogP contribution in [0.3, 0.4) is 0 Å². The number of halogens is 3. The average molecular weight is 553 g/mol. The van der Waals surface area contributed by atoms with Crippen molar-refractivity contribution in [3.63, 3.8) is 0 Å². The van der Waals surface area contributed by atoms with Crippen LogP contribution in [-0.4, -0.2) is 46.7 Å². The summed E-state index contributed by atoms with van der Waals surface area (Å²) in [4.78, 5) is 20.2. The van der Waals surface area contributed by atoms with Crippen LogP contribution in [0.25, 0.3) is 0 Å². The highest BCUT2D eigenvalue weighted by Gasteiger charge is 2.16. The number of amidine groups is 1. The number of hydrogen-bond donors (Lipinski definition) is 4. The molecular formula is C21H20BrClFN7O3. The van der Waals surface area contributed by atoms with Gasteiger partial charge < -0.3 is 10.6 Å². The Labute approximate surface area is 207 Å². The minimum absolute atomic E-state index is 0.0383. The summed E-state index contributed by atoms with van der Waals surface area (Å²) in [6.07, 6.45) is 2.20. The molecule has 0 fully saturated rings. The van der Waals surface area contributed by atoms with Gasteiger partial charge in [0.05, 0.1) is 22.9 Å². The number of carbonyl (C=O) groups is 1. The summed E-state index contributed by atoms with van der Waals surface area (Å²) in [7, 11) is 0. The van der Waals surface area contributed by atoms with Crippen LogP contribution in [0.2, 0.25) is 5.02 Å². The zero-order valence-corrected chi connectivity index (χ0v) is 20.0. The molecule has 0 saturated carbocycles. The van der Waals surface area contributed by atoms with E-state index in [1.807, 2.05) is 5.48 Å². The van der Waals surface area contributed by atoms with Crippen molar-refractivity contribution in [3.05, 3.63) is 69.0 Å². The second-order valence-corrected chi connectivity index (χ2v) is 8.11. The normalized spacial score (nSPS) is 11.6. The van der Waals surface area contributed by atoms with Crippen LogP contribution in [0, 0.1) is 5.82 Å². The molecule has 1 heterocycles. The molecule has 0 unspecified atom stereocenters. The van der Waals surface area contributed by atoms with Gasteiger partial charge in [-0.15, -0.1) is 0 Å². The van der Waals surface area contributed by atoms with Crippen LogP contribution in [0.1, 0.15) is 17.7 Å². The van der Waals surface area contributed by atoms with Crippen molar-refractivity contribution in [1.82, 2.24) is 21.1 Å². The first-order chi connectivity index (χ1) is 16.5. The van der Waals surface area contributed by atoms with Crippen LogP contribution in [-0.2, 0) is 11.2 Å². The zero-order valence-electron chi connectivity index (χ0n) is 17.6. The van der Waals surface area contributed by atoms with E-state index in [2.05, 4.69) is 46.9 Å². The smallest absolute Gasteiger partial charge is 0.229 e. The molecule has 13 heteroatoms. The number of amides is 1. The van der Waals surface area contributed by atoms with Gasteiger partial charge in [0.1, 0.15) is 5.82 Å². The molecule has 0 aliphatic carbocycles. The Morgan fingerprint density at radius 3 is 2.76 bits per heavy atom. The molecule has 4 N–H and O–H groups in total. The fourth-order valence-corrected chi connectivity index (χ4v) is 3.17. The second-order valence-electron chi connectivity index (χ2n) is 6.82. The lowest BCUT2D eigenvalue weighted by Gasteiger charge is -2.05. The summed E-state index contributed by atoms with van der Waals surface area (Å²) >= 11 is 8.91. The molecule has 178 valence electrons. The molecule has 0 bridgehead atoms. The van der Waals surface area contributed by atoms with Gasteiger partial charge in [-0.2, -0.15) is 0 Å². The number of aromatic nitrogens is 2. The van der Waals surface area contributed by atoms with Crippen molar-refractivity contribution in [2.75, 3.05) is 18.4 Å². The first-order valence-electron chi connectivity index (χ1n) is 9.99. The van der Waals surface area contributed by atoms with Gasteiger partial charge in [0.15, 0.2) is 11.5 Å². The monoisotopic (exact) mass is 551 g/mol. The van der Waals surface area contributed by atoms with Crippen LogP contribution in [0.5, 0.6) is 0 Å². The molecule has 0 saturated heterocycles. The lowest BCUT2D eigenvalue weighted by Crippen LogP contribution is -2.23. The predicted molar refractivity (Wildman–Crippen MR) is 129 cm³/mol. The Balaban J connectivity index is 1.44. The van der Waals surface area contributed by atoms with Gasteiger partial charge in [-0.1, -0.05) is 23.7 Å². The van der Waals surface area contributed by atoms with E-state index in [1.54, 1.807) is 24.3 Å². The Morgan fingerprint density at radius 2 is 2.03 bits per heavy atom. The van der Waals surface area contributed by atoms with Gasteiger partial charge in [0, 0.05) is 18.1 Å². The van der Waals surface area contributed by atoms with E-state index in [0.717, 1.165) is 5.56 Å². The SMILES string of the molecule is O=C(Cc1ccc(Cl)cc1)NC=NCCCNc1nonc1C(=Nc1ccc(F)c(Br)c1)NO. The molecule has 2 aromatic carbocycles. The van der Waals surface area contributed by atoms with E-state index in [1.165, 1.54) is 24.5 Å². The molecule has 0 atom stereocenters. The summed E-state index contributed by atoms with van der Waals surface area (Å²) in [6, 6.07) is 11.2. The molecule has 34 heavy (non-hydrogen) atoms. The predicted octanol–water partition coefficient (Wildman–Crippen LogP) is 3.87. The maximum Gasteiger partial charge on any atom is 0.229 e. The number of anilines is 1. The van der Waals surface area contributed by atoms with Crippen molar-refractivity contribution in [3.8, 4) is 0 Å². The molecule has 0 radical (unpaired) electrons. The van der Waals surface area contributed by atoms with Crippen LogP contribution < -0.4 is 16.1 Å². The van der Waals surface area contributed by atoms with Crippen molar-refractivity contribution in [1.29, 1.82) is 0 Å². The van der Waals surface area contributed by atoms with Crippen molar-refractivity contribution in [2.45, 2.75) is 12.8 Å². The number of carbonyl (C=O) groups excluding carboxylic acids is 1. The number of nitrogens with zero attached hydrogens (tertiary/aromatic N) is 4. The molecule has 0 aliphatic rings. The van der Waals surface area contributed by atoms with E-state index < -0.39 is 5.82 Å². The fraction of sp³-hybridized carbons (Fsp3) is 0.190. The Morgan fingerprint density at radius 1 is 1.24 bits per heavy atom. The largest absolute Gasteiger partial charge is 0.365 e. The molecule has 1 aromatic heterocycles. The summed E-state index contributed by atoms with van der Waals surface area (Å²) in [5.74, 6) is -0.406. The number of hydrogen-bond acceptors (Lipinski definition) is 8. The lowest BCUT2D eigenvalue weighted by atomic mass is 10.1. The van der Waals surface area contributed by atoms with Gasteiger partial charge in [-0.25, -0.2) is 14.0 Å². The first-order valence-corrected chi connectivity index (χ1v) is 11.2. The van der Waals surface area contributed by atoms with Gasteiger partial charge in [0.2, 0.25) is 11.7 Å². The topological polar surface area (TPSA) is 137 Å². The van der Waals surface area contributed by atoms with Gasteiger partial charge in [0.25, 0.3) is 0 Å². The number of aliphatic imine (C=N–C) groups is 2. The Hall–Kier alpha value is -3.35. The molecule has 1 amide bonds. The van der Waals surface area contributed by atoms with E-state index in [4.69, 9.17) is 16.2 Å². The third-order valence-electron chi connectivity index (χ3n) is 4.31. The molecule has 10 nitrogen and oxygen atoms in total. The molecule has 3 rings (SSSR count). The van der Waals surface area contributed by atoms with Crippen molar-refractivity contribution in [2.24, 2.45) is 9.98 Å². The summed E-state index contributed by atoms with van der Waals surface area (Å²) in [5, 5.41) is 23.2. The Kier molecular flexibility index (Phi) is 9.50. The third-order valence-corrected chi connectivity index (χ3v) is 5.17. The van der Waals surface area contributed by atoms with Crippen molar-refractivity contribution < 1.29 is 19.0 Å². The van der Waals surface area contributed by atoms with Crippen LogP contribution >= 0.6 is 27.5 Å². The quantitative estimate of drug-likeness (QED) is 0.130.